The summed E-state index contributed by atoms with van der Waals surface area (Å²) < 4.78 is 27.7. The molecule has 2 rings (SSSR count). The zero-order valence-corrected chi connectivity index (χ0v) is 13.1. The normalized spacial score (nSPS) is 11.5. The minimum atomic E-state index is -3.73. The molecule has 19 heavy (non-hydrogen) atoms. The van der Waals surface area contributed by atoms with Gasteiger partial charge in [0.05, 0.1) is 11.5 Å². The van der Waals surface area contributed by atoms with Crippen molar-refractivity contribution in [1.82, 2.24) is 4.98 Å². The molecule has 0 aliphatic heterocycles. The van der Waals surface area contributed by atoms with E-state index >= 15 is 0 Å². The fraction of sp³-hybridized carbons (Fsp3) is 0.182. The van der Waals surface area contributed by atoms with E-state index in [2.05, 4.69) is 25.6 Å². The van der Waals surface area contributed by atoms with Crippen LogP contribution in [0.2, 0.25) is 0 Å². The average molecular weight is 363 g/mol. The van der Waals surface area contributed by atoms with Crippen molar-refractivity contribution in [2.75, 3.05) is 4.72 Å². The number of halogens is 1. The highest BCUT2D eigenvalue weighted by molar-refractivity contribution is 9.10. The monoisotopic (exact) mass is 362 g/mol. The first-order chi connectivity index (χ1) is 8.94. The van der Waals surface area contributed by atoms with Crippen molar-refractivity contribution >= 4 is 43.1 Å². The highest BCUT2D eigenvalue weighted by atomic mass is 79.9. The number of hydrogen-bond acceptors (Lipinski definition) is 5. The molecule has 8 heteroatoms. The summed E-state index contributed by atoms with van der Waals surface area (Å²) in [5, 5.41) is 10.9. The molecule has 0 amide bonds. The van der Waals surface area contributed by atoms with E-state index in [4.69, 9.17) is 0 Å². The molecule has 0 aliphatic rings. The Balaban J connectivity index is 2.37. The molecule has 102 valence electrons. The van der Waals surface area contributed by atoms with Gasteiger partial charge in [0.2, 0.25) is 0 Å². The number of anilines is 1. The molecule has 2 heterocycles. The van der Waals surface area contributed by atoms with Crippen LogP contribution in [-0.2, 0) is 16.6 Å². The number of aryl methyl sites for hydroxylation is 1. The van der Waals surface area contributed by atoms with Crippen molar-refractivity contribution in [3.63, 3.8) is 0 Å². The Morgan fingerprint density at radius 1 is 1.47 bits per heavy atom. The number of sulfonamides is 1. The van der Waals surface area contributed by atoms with Gasteiger partial charge in [-0.15, -0.1) is 11.3 Å². The zero-order chi connectivity index (χ0) is 14.0. The zero-order valence-electron chi connectivity index (χ0n) is 9.92. The number of nitrogens with zero attached hydrogens (tertiary/aromatic N) is 1. The van der Waals surface area contributed by atoms with Crippen molar-refractivity contribution in [2.24, 2.45) is 0 Å². The van der Waals surface area contributed by atoms with E-state index in [1.165, 1.54) is 17.5 Å². The van der Waals surface area contributed by atoms with Crippen molar-refractivity contribution < 1.29 is 13.5 Å². The van der Waals surface area contributed by atoms with Gasteiger partial charge in [-0.05, 0) is 45.9 Å². The fourth-order valence-corrected chi connectivity index (χ4v) is 4.49. The molecule has 0 radical (unpaired) electrons. The standard InChI is InChI=1S/C11H11BrN2O3S2/c1-7-6-18-9(5-15)11(7)19(16,17)14-10-3-2-8(12)4-13-10/h2-4,6,15H,5H2,1H3,(H,13,14). The molecule has 0 unspecified atom stereocenters. The van der Waals surface area contributed by atoms with Crippen LogP contribution in [0.4, 0.5) is 5.82 Å². The van der Waals surface area contributed by atoms with Crippen LogP contribution in [0.1, 0.15) is 10.4 Å². The summed E-state index contributed by atoms with van der Waals surface area (Å²) in [6, 6.07) is 3.25. The molecule has 2 aromatic rings. The predicted molar refractivity (Wildman–Crippen MR) is 77.7 cm³/mol. The second-order valence-corrected chi connectivity index (χ2v) is 7.30. The first-order valence-corrected chi connectivity index (χ1v) is 8.42. The molecule has 0 aromatic carbocycles. The number of aromatic nitrogens is 1. The second kappa shape index (κ2) is 5.58. The number of nitrogens with one attached hydrogen (secondary N) is 1. The minimum absolute atomic E-state index is 0.129. The molecule has 2 aromatic heterocycles. The Hall–Kier alpha value is -0.960. The lowest BCUT2D eigenvalue weighted by Gasteiger charge is -2.08. The van der Waals surface area contributed by atoms with Crippen molar-refractivity contribution in [3.8, 4) is 0 Å². The topological polar surface area (TPSA) is 79.3 Å². The Bertz CT molecular complexity index is 680. The smallest absolute Gasteiger partial charge is 0.264 e. The summed E-state index contributed by atoms with van der Waals surface area (Å²) in [5.74, 6) is 0.234. The summed E-state index contributed by atoms with van der Waals surface area (Å²) >= 11 is 4.45. The molecule has 0 spiro atoms. The van der Waals surface area contributed by atoms with Crippen LogP contribution in [0, 0.1) is 6.92 Å². The second-order valence-electron chi connectivity index (χ2n) is 3.80. The van der Waals surface area contributed by atoms with Gasteiger partial charge in [-0.25, -0.2) is 13.4 Å². The number of thiophene rings is 1. The lowest BCUT2D eigenvalue weighted by molar-refractivity contribution is 0.282. The van der Waals surface area contributed by atoms with Crippen LogP contribution in [0.5, 0.6) is 0 Å². The average Bonchev–Trinajstić information content (AvgIpc) is 2.74. The highest BCUT2D eigenvalue weighted by Crippen LogP contribution is 2.28. The molecule has 5 nitrogen and oxygen atoms in total. The Labute approximate surface area is 123 Å². The Morgan fingerprint density at radius 2 is 2.21 bits per heavy atom. The third-order valence-electron chi connectivity index (χ3n) is 2.37. The van der Waals surface area contributed by atoms with Crippen LogP contribution in [-0.4, -0.2) is 18.5 Å². The summed E-state index contributed by atoms with van der Waals surface area (Å²) in [5.41, 5.74) is 0.610. The summed E-state index contributed by atoms with van der Waals surface area (Å²) in [7, 11) is -3.73. The number of pyridine rings is 1. The maximum Gasteiger partial charge on any atom is 0.264 e. The third kappa shape index (κ3) is 3.14. The van der Waals surface area contributed by atoms with Gasteiger partial charge >= 0.3 is 0 Å². The van der Waals surface area contributed by atoms with Gasteiger partial charge in [0, 0.05) is 10.7 Å². The number of aliphatic hydroxyl groups excluding tert-OH is 1. The van der Waals surface area contributed by atoms with Gasteiger partial charge < -0.3 is 5.11 Å². The van der Waals surface area contributed by atoms with Gasteiger partial charge in [-0.2, -0.15) is 0 Å². The van der Waals surface area contributed by atoms with Gasteiger partial charge in [0.25, 0.3) is 10.0 Å². The summed E-state index contributed by atoms with van der Waals surface area (Å²) in [4.78, 5) is 4.51. The summed E-state index contributed by atoms with van der Waals surface area (Å²) in [6.45, 7) is 1.39. The summed E-state index contributed by atoms with van der Waals surface area (Å²) in [6.07, 6.45) is 1.51. The van der Waals surface area contributed by atoms with Gasteiger partial charge in [0.1, 0.15) is 10.7 Å². The number of rotatable bonds is 4. The fourth-order valence-electron chi connectivity index (χ4n) is 1.58. The molecule has 0 aliphatic carbocycles. The molecule has 2 N–H and O–H groups in total. The predicted octanol–water partition coefficient (Wildman–Crippen LogP) is 2.51. The van der Waals surface area contributed by atoms with E-state index in [1.54, 1.807) is 24.4 Å². The molecule has 0 fully saturated rings. The first-order valence-electron chi connectivity index (χ1n) is 5.26. The molecular weight excluding hydrogens is 352 g/mol. The quantitative estimate of drug-likeness (QED) is 0.875. The van der Waals surface area contributed by atoms with E-state index < -0.39 is 10.0 Å². The Kier molecular flexibility index (Phi) is 4.24. The van der Waals surface area contributed by atoms with Crippen LogP contribution >= 0.6 is 27.3 Å². The number of hydrogen-bond donors (Lipinski definition) is 2. The lowest BCUT2D eigenvalue weighted by atomic mass is 10.3. The maximum absolute atomic E-state index is 12.3. The molecule has 0 saturated heterocycles. The van der Waals surface area contributed by atoms with Crippen LogP contribution in [0.15, 0.2) is 33.1 Å². The van der Waals surface area contributed by atoms with E-state index in [0.29, 0.717) is 10.4 Å². The minimum Gasteiger partial charge on any atom is -0.391 e. The third-order valence-corrected chi connectivity index (χ3v) is 5.64. The molecule has 0 atom stereocenters. The highest BCUT2D eigenvalue weighted by Gasteiger charge is 2.23. The SMILES string of the molecule is Cc1csc(CO)c1S(=O)(=O)Nc1ccc(Br)cn1. The number of aliphatic hydroxyl groups is 1. The molecular formula is C11H11BrN2O3S2. The molecule has 0 saturated carbocycles. The van der Waals surface area contributed by atoms with Crippen LogP contribution < -0.4 is 4.72 Å². The maximum atomic E-state index is 12.3. The lowest BCUT2D eigenvalue weighted by Crippen LogP contribution is -2.15. The van der Waals surface area contributed by atoms with E-state index in [9.17, 15) is 13.5 Å². The van der Waals surface area contributed by atoms with Gasteiger partial charge in [-0.3, -0.25) is 4.72 Å². The van der Waals surface area contributed by atoms with E-state index in [0.717, 1.165) is 4.47 Å². The first kappa shape index (κ1) is 14.4. The van der Waals surface area contributed by atoms with E-state index in [1.807, 2.05) is 0 Å². The molecule has 0 bridgehead atoms. The van der Waals surface area contributed by atoms with Gasteiger partial charge in [-0.1, -0.05) is 0 Å². The van der Waals surface area contributed by atoms with Crippen molar-refractivity contribution in [1.29, 1.82) is 0 Å². The Morgan fingerprint density at radius 3 is 2.79 bits per heavy atom. The van der Waals surface area contributed by atoms with Crippen LogP contribution in [0.25, 0.3) is 0 Å². The van der Waals surface area contributed by atoms with Crippen molar-refractivity contribution in [3.05, 3.63) is 38.6 Å². The van der Waals surface area contributed by atoms with Crippen LogP contribution in [0.3, 0.4) is 0 Å². The van der Waals surface area contributed by atoms with E-state index in [-0.39, 0.29) is 17.3 Å². The van der Waals surface area contributed by atoms with Crippen molar-refractivity contribution in [2.45, 2.75) is 18.4 Å². The largest absolute Gasteiger partial charge is 0.391 e. The van der Waals surface area contributed by atoms with Gasteiger partial charge in [0.15, 0.2) is 0 Å².